The topological polar surface area (TPSA) is 75.7 Å². The van der Waals surface area contributed by atoms with Crippen LogP contribution in [0.25, 0.3) is 0 Å². The molecule has 31 heavy (non-hydrogen) atoms. The van der Waals surface area contributed by atoms with Crippen LogP contribution < -0.4 is 15.0 Å². The van der Waals surface area contributed by atoms with Gasteiger partial charge in [0.2, 0.25) is 5.91 Å². The van der Waals surface area contributed by atoms with Gasteiger partial charge < -0.3 is 10.1 Å². The number of Topliss-reactive ketones (excluding diaryl/α,β-unsaturated/α-hetero) is 1. The first-order valence-corrected chi connectivity index (χ1v) is 10.4. The molecule has 2 aliphatic rings. The van der Waals surface area contributed by atoms with Gasteiger partial charge in [-0.2, -0.15) is 0 Å². The SMILES string of the molecule is CC(=O)Oc1cccc([C@H]2C3=C(CC(C)(C)CC3=O)Nc3ccccc3N2C(C)=O)c1. The molecule has 0 saturated heterocycles. The molecule has 1 amide bonds. The first-order chi connectivity index (χ1) is 14.7. The number of esters is 1. The van der Waals surface area contributed by atoms with E-state index in [9.17, 15) is 14.4 Å². The Morgan fingerprint density at radius 1 is 1.06 bits per heavy atom. The molecule has 1 aliphatic carbocycles. The third-order valence-electron chi connectivity index (χ3n) is 5.68. The summed E-state index contributed by atoms with van der Waals surface area (Å²) in [6, 6.07) is 14.0. The van der Waals surface area contributed by atoms with Crippen molar-refractivity contribution in [2.75, 3.05) is 10.2 Å². The number of hydrogen-bond acceptors (Lipinski definition) is 5. The monoisotopic (exact) mass is 418 g/mol. The highest BCUT2D eigenvalue weighted by atomic mass is 16.5. The van der Waals surface area contributed by atoms with Gasteiger partial charge in [-0.05, 0) is 41.7 Å². The van der Waals surface area contributed by atoms with Crippen LogP contribution in [0.4, 0.5) is 11.4 Å². The van der Waals surface area contributed by atoms with Gasteiger partial charge in [0.25, 0.3) is 0 Å². The zero-order chi connectivity index (χ0) is 22.3. The summed E-state index contributed by atoms with van der Waals surface area (Å²) in [5.41, 5.74) is 3.44. The largest absolute Gasteiger partial charge is 0.427 e. The third-order valence-corrected chi connectivity index (χ3v) is 5.68. The van der Waals surface area contributed by atoms with Crippen LogP contribution in [-0.2, 0) is 14.4 Å². The molecule has 0 aromatic heterocycles. The number of ketones is 1. The van der Waals surface area contributed by atoms with Crippen molar-refractivity contribution in [3.8, 4) is 5.75 Å². The van der Waals surface area contributed by atoms with E-state index in [1.807, 2.05) is 30.3 Å². The minimum Gasteiger partial charge on any atom is -0.427 e. The molecule has 1 atom stereocenters. The van der Waals surface area contributed by atoms with Gasteiger partial charge in [0.05, 0.1) is 17.4 Å². The summed E-state index contributed by atoms with van der Waals surface area (Å²) in [5.74, 6) is -0.210. The lowest BCUT2D eigenvalue weighted by Gasteiger charge is -2.36. The predicted molar refractivity (Wildman–Crippen MR) is 119 cm³/mol. The molecule has 0 fully saturated rings. The minimum atomic E-state index is -0.622. The smallest absolute Gasteiger partial charge is 0.308 e. The van der Waals surface area contributed by atoms with Crippen LogP contribution in [0, 0.1) is 5.41 Å². The molecule has 6 nitrogen and oxygen atoms in total. The minimum absolute atomic E-state index is 0.0145. The van der Waals surface area contributed by atoms with Gasteiger partial charge in [-0.3, -0.25) is 19.3 Å². The van der Waals surface area contributed by atoms with Crippen LogP contribution in [-0.4, -0.2) is 17.7 Å². The summed E-state index contributed by atoms with van der Waals surface area (Å²) in [4.78, 5) is 39.5. The van der Waals surface area contributed by atoms with E-state index in [2.05, 4.69) is 19.2 Å². The van der Waals surface area contributed by atoms with Gasteiger partial charge >= 0.3 is 5.97 Å². The molecule has 0 unspecified atom stereocenters. The van der Waals surface area contributed by atoms with E-state index >= 15 is 0 Å². The van der Waals surface area contributed by atoms with Crippen molar-refractivity contribution in [3.05, 3.63) is 65.4 Å². The Labute approximate surface area is 181 Å². The Hall–Kier alpha value is -3.41. The zero-order valence-corrected chi connectivity index (χ0v) is 18.2. The summed E-state index contributed by atoms with van der Waals surface area (Å²) >= 11 is 0. The van der Waals surface area contributed by atoms with E-state index in [4.69, 9.17) is 4.74 Å². The molecule has 2 aromatic carbocycles. The number of amides is 1. The number of benzene rings is 2. The van der Waals surface area contributed by atoms with E-state index in [1.165, 1.54) is 13.8 Å². The first kappa shape index (κ1) is 20.8. The zero-order valence-electron chi connectivity index (χ0n) is 18.2. The molecule has 1 aliphatic heterocycles. The molecular weight excluding hydrogens is 392 g/mol. The quantitative estimate of drug-likeness (QED) is 0.561. The fourth-order valence-corrected chi connectivity index (χ4v) is 4.56. The van der Waals surface area contributed by atoms with E-state index < -0.39 is 12.0 Å². The number of nitrogens with one attached hydrogen (secondary N) is 1. The molecule has 0 radical (unpaired) electrons. The average Bonchev–Trinajstić information content (AvgIpc) is 2.80. The van der Waals surface area contributed by atoms with E-state index in [-0.39, 0.29) is 17.1 Å². The number of nitrogens with zero attached hydrogens (tertiary/aromatic N) is 1. The number of allylic oxidation sites excluding steroid dienone is 1. The van der Waals surface area contributed by atoms with Gasteiger partial charge in [-0.1, -0.05) is 38.1 Å². The summed E-state index contributed by atoms with van der Waals surface area (Å²) in [6.45, 7) is 6.99. The Morgan fingerprint density at radius 3 is 2.52 bits per heavy atom. The second kappa shape index (κ2) is 7.69. The molecule has 160 valence electrons. The Morgan fingerprint density at radius 2 is 1.81 bits per heavy atom. The maximum absolute atomic E-state index is 13.4. The van der Waals surface area contributed by atoms with Gasteiger partial charge in [-0.25, -0.2) is 0 Å². The van der Waals surface area contributed by atoms with Crippen molar-refractivity contribution >= 4 is 29.0 Å². The molecule has 0 bridgehead atoms. The third kappa shape index (κ3) is 3.98. The van der Waals surface area contributed by atoms with Crippen LogP contribution in [0.5, 0.6) is 5.75 Å². The molecule has 0 saturated carbocycles. The second-order valence-corrected chi connectivity index (χ2v) is 8.93. The predicted octanol–water partition coefficient (Wildman–Crippen LogP) is 4.77. The Kier molecular flexibility index (Phi) is 5.17. The summed E-state index contributed by atoms with van der Waals surface area (Å²) in [5, 5.41) is 3.46. The lowest BCUT2D eigenvalue weighted by molar-refractivity contribution is -0.132. The average molecular weight is 418 g/mol. The number of anilines is 2. The van der Waals surface area contributed by atoms with E-state index in [1.54, 1.807) is 23.1 Å². The van der Waals surface area contributed by atoms with E-state index in [0.717, 1.165) is 11.4 Å². The standard InChI is InChI=1S/C25H26N2O4/c1-15(28)27-21-11-6-5-10-19(21)26-20-13-25(3,4)14-22(30)23(20)24(27)17-8-7-9-18(12-17)31-16(2)29/h5-12,24,26H,13-14H2,1-4H3/t24-/m0/s1. The lowest BCUT2D eigenvalue weighted by atomic mass is 9.73. The molecule has 1 heterocycles. The van der Waals surface area contributed by atoms with Crippen molar-refractivity contribution in [1.82, 2.24) is 0 Å². The number of fused-ring (bicyclic) bond motifs is 1. The highest BCUT2D eigenvalue weighted by Crippen LogP contribution is 2.48. The van der Waals surface area contributed by atoms with Gasteiger partial charge in [0.15, 0.2) is 5.78 Å². The fraction of sp³-hybridized carbons (Fsp3) is 0.320. The molecule has 0 spiro atoms. The lowest BCUT2D eigenvalue weighted by Crippen LogP contribution is -2.38. The number of carbonyl (C=O) groups is 3. The van der Waals surface area contributed by atoms with Crippen LogP contribution in [0.3, 0.4) is 0 Å². The van der Waals surface area contributed by atoms with Crippen molar-refractivity contribution in [2.45, 2.75) is 46.6 Å². The number of carbonyl (C=O) groups excluding carboxylic acids is 3. The highest BCUT2D eigenvalue weighted by molar-refractivity contribution is 6.05. The Balaban J connectivity index is 1.97. The molecule has 1 N–H and O–H groups in total. The van der Waals surface area contributed by atoms with E-state index in [0.29, 0.717) is 35.4 Å². The van der Waals surface area contributed by atoms with Gasteiger partial charge in [0, 0.05) is 31.5 Å². The maximum atomic E-state index is 13.4. The van der Waals surface area contributed by atoms with Crippen LogP contribution >= 0.6 is 0 Å². The molecular formula is C25H26N2O4. The van der Waals surface area contributed by atoms with Crippen LogP contribution in [0.1, 0.15) is 52.1 Å². The summed E-state index contributed by atoms with van der Waals surface area (Å²) in [7, 11) is 0. The van der Waals surface area contributed by atoms with Crippen LogP contribution in [0.15, 0.2) is 59.8 Å². The maximum Gasteiger partial charge on any atom is 0.308 e. The first-order valence-electron chi connectivity index (χ1n) is 10.4. The normalized spacial score (nSPS) is 19.7. The molecule has 4 rings (SSSR count). The van der Waals surface area contributed by atoms with Crippen molar-refractivity contribution in [2.24, 2.45) is 5.41 Å². The number of ether oxygens (including phenoxy) is 1. The number of hydrogen-bond donors (Lipinski definition) is 1. The van der Waals surface area contributed by atoms with Gasteiger partial charge in [-0.15, -0.1) is 0 Å². The second-order valence-electron chi connectivity index (χ2n) is 8.93. The summed E-state index contributed by atoms with van der Waals surface area (Å²) < 4.78 is 5.28. The van der Waals surface area contributed by atoms with Gasteiger partial charge in [0.1, 0.15) is 5.75 Å². The number of rotatable bonds is 2. The van der Waals surface area contributed by atoms with Crippen LogP contribution in [0.2, 0.25) is 0 Å². The Bertz CT molecular complexity index is 1120. The van der Waals surface area contributed by atoms with Crippen molar-refractivity contribution in [1.29, 1.82) is 0 Å². The molecule has 2 aromatic rings. The molecule has 6 heteroatoms. The summed E-state index contributed by atoms with van der Waals surface area (Å²) in [6.07, 6.45) is 1.09. The number of para-hydroxylation sites is 2. The van der Waals surface area contributed by atoms with Crippen molar-refractivity contribution in [3.63, 3.8) is 0 Å². The fourth-order valence-electron chi connectivity index (χ4n) is 4.56. The van der Waals surface area contributed by atoms with Crippen molar-refractivity contribution < 1.29 is 19.1 Å². The highest BCUT2D eigenvalue weighted by Gasteiger charge is 2.42.